The van der Waals surface area contributed by atoms with Gasteiger partial charge < -0.3 is 29.4 Å². The van der Waals surface area contributed by atoms with Gasteiger partial charge in [0.25, 0.3) is 5.56 Å². The number of nitrogens with zero attached hydrogens (tertiary/aromatic N) is 3. The van der Waals surface area contributed by atoms with Crippen LogP contribution in [0.1, 0.15) is 39.2 Å². The van der Waals surface area contributed by atoms with Crippen molar-refractivity contribution in [1.29, 1.82) is 5.26 Å². The van der Waals surface area contributed by atoms with Crippen LogP contribution in [0.4, 0.5) is 0 Å². The second kappa shape index (κ2) is 11.4. The number of ether oxygens (including phenoxy) is 5. The molecule has 2 rings (SSSR count). The summed E-state index contributed by atoms with van der Waals surface area (Å²) in [5.41, 5.74) is 3.49. The van der Waals surface area contributed by atoms with Crippen LogP contribution in [0.25, 0.3) is 0 Å². The van der Waals surface area contributed by atoms with Gasteiger partial charge in [-0.1, -0.05) is 0 Å². The first-order valence-corrected chi connectivity index (χ1v) is 10.7. The third-order valence-electron chi connectivity index (χ3n) is 5.25. The van der Waals surface area contributed by atoms with E-state index >= 15 is 0 Å². The van der Waals surface area contributed by atoms with Gasteiger partial charge in [0.1, 0.15) is 18.2 Å². The molecule has 0 unspecified atom stereocenters. The third kappa shape index (κ3) is 6.15. The van der Waals surface area contributed by atoms with Crippen LogP contribution in [-0.4, -0.2) is 57.9 Å². The van der Waals surface area contributed by atoms with Gasteiger partial charge in [-0.3, -0.25) is 33.1 Å². The van der Waals surface area contributed by atoms with Crippen LogP contribution in [-0.2, 0) is 52.2 Å². The van der Waals surface area contributed by atoms with E-state index in [1.807, 2.05) is 0 Å². The fourth-order valence-corrected chi connectivity index (χ4v) is 3.82. The van der Waals surface area contributed by atoms with Crippen molar-refractivity contribution in [3.8, 4) is 11.9 Å². The average Bonchev–Trinajstić information content (AvgIpc) is 2.79. The zero-order chi connectivity index (χ0) is 28.2. The number of aromatic nitrogens is 2. The van der Waals surface area contributed by atoms with Crippen molar-refractivity contribution in [2.75, 3.05) is 6.61 Å². The summed E-state index contributed by atoms with van der Waals surface area (Å²) in [7, 11) is 2.44. The number of hydrogen-bond acceptors (Lipinski definition) is 13. The monoisotopic (exact) mass is 522 g/mol. The summed E-state index contributed by atoms with van der Waals surface area (Å²) in [4.78, 5) is 73.4. The fraction of sp³-hybridized carbons (Fsp3) is 0.500. The van der Waals surface area contributed by atoms with Crippen molar-refractivity contribution >= 4 is 23.9 Å². The van der Waals surface area contributed by atoms with E-state index in [0.717, 1.165) is 36.8 Å². The van der Waals surface area contributed by atoms with Crippen molar-refractivity contribution in [2.24, 2.45) is 19.8 Å². The SMILES string of the molecule is CC(=O)OC[C@H](OC(C)=O)[C@@H](OC(C)=O)[C@H](OC(C)=O)[C@H]1C(C#N)=C(N)Oc2c1c(=O)n(C)c(=O)n2C. The molecule has 4 atom stereocenters. The van der Waals surface area contributed by atoms with E-state index in [2.05, 4.69) is 0 Å². The van der Waals surface area contributed by atoms with Gasteiger partial charge in [-0.25, -0.2) is 4.79 Å². The normalized spacial score (nSPS) is 16.7. The molecule has 15 nitrogen and oxygen atoms in total. The molecule has 0 amide bonds. The smallest absolute Gasteiger partial charge is 0.333 e. The number of rotatable bonds is 8. The molecule has 1 aromatic rings. The second-order valence-electron chi connectivity index (χ2n) is 7.99. The molecule has 15 heteroatoms. The van der Waals surface area contributed by atoms with Crippen molar-refractivity contribution in [3.63, 3.8) is 0 Å². The Morgan fingerprint density at radius 2 is 1.54 bits per heavy atom. The highest BCUT2D eigenvalue weighted by Crippen LogP contribution is 2.40. The molecule has 1 aromatic heterocycles. The Balaban J connectivity index is 2.92. The number of hydrogen-bond donors (Lipinski definition) is 1. The van der Waals surface area contributed by atoms with E-state index in [4.69, 9.17) is 29.4 Å². The Morgan fingerprint density at radius 1 is 0.973 bits per heavy atom. The second-order valence-corrected chi connectivity index (χ2v) is 7.99. The van der Waals surface area contributed by atoms with Crippen LogP contribution in [0.5, 0.6) is 5.88 Å². The van der Waals surface area contributed by atoms with E-state index in [1.165, 1.54) is 14.1 Å². The fourth-order valence-electron chi connectivity index (χ4n) is 3.82. The van der Waals surface area contributed by atoms with Crippen molar-refractivity contribution in [1.82, 2.24) is 9.13 Å². The van der Waals surface area contributed by atoms with E-state index < -0.39 is 77.4 Å². The summed E-state index contributed by atoms with van der Waals surface area (Å²) in [6.45, 7) is 3.46. The van der Waals surface area contributed by atoms with Gasteiger partial charge in [-0.2, -0.15) is 5.26 Å². The molecule has 1 aliphatic heterocycles. The third-order valence-corrected chi connectivity index (χ3v) is 5.25. The average molecular weight is 522 g/mol. The lowest BCUT2D eigenvalue weighted by atomic mass is 9.82. The number of esters is 4. The number of carbonyl (C=O) groups excluding carboxylic acids is 4. The van der Waals surface area contributed by atoms with Gasteiger partial charge in [0.2, 0.25) is 11.8 Å². The molecule has 0 bridgehead atoms. The van der Waals surface area contributed by atoms with Gasteiger partial charge in [0.05, 0.1) is 11.5 Å². The first kappa shape index (κ1) is 28.6. The summed E-state index contributed by atoms with van der Waals surface area (Å²) in [5, 5.41) is 9.90. The quantitative estimate of drug-likeness (QED) is 0.308. The van der Waals surface area contributed by atoms with Gasteiger partial charge in [-0.05, 0) is 0 Å². The molecule has 0 radical (unpaired) electrons. The molecule has 0 spiro atoms. The molecule has 37 heavy (non-hydrogen) atoms. The lowest BCUT2D eigenvalue weighted by molar-refractivity contribution is -0.190. The molecule has 2 N–H and O–H groups in total. The maximum Gasteiger partial charge on any atom is 0.333 e. The van der Waals surface area contributed by atoms with Gasteiger partial charge in [0, 0.05) is 41.8 Å². The number of fused-ring (bicyclic) bond motifs is 1. The van der Waals surface area contributed by atoms with E-state index in [0.29, 0.717) is 0 Å². The van der Waals surface area contributed by atoms with Crippen molar-refractivity contribution in [3.05, 3.63) is 37.9 Å². The lowest BCUT2D eigenvalue weighted by Gasteiger charge is -2.37. The topological polar surface area (TPSA) is 208 Å². The molecular weight excluding hydrogens is 496 g/mol. The van der Waals surface area contributed by atoms with E-state index in [-0.39, 0.29) is 11.4 Å². The Bertz CT molecular complexity index is 1320. The Hall–Kier alpha value is -4.61. The number of nitriles is 1. The molecular formula is C22H26N4O11. The van der Waals surface area contributed by atoms with Crippen LogP contribution < -0.4 is 21.7 Å². The Labute approximate surface area is 209 Å². The molecule has 0 aromatic carbocycles. The molecule has 0 saturated heterocycles. The number of carbonyl (C=O) groups is 4. The minimum Gasteiger partial charge on any atom is -0.462 e. The maximum absolute atomic E-state index is 13.3. The van der Waals surface area contributed by atoms with Gasteiger partial charge in [0.15, 0.2) is 18.3 Å². The molecule has 0 saturated carbocycles. The Kier molecular flexibility index (Phi) is 8.83. The van der Waals surface area contributed by atoms with Crippen LogP contribution in [0.15, 0.2) is 21.0 Å². The van der Waals surface area contributed by atoms with Crippen molar-refractivity contribution < 1.29 is 42.9 Å². The molecule has 0 aliphatic carbocycles. The first-order chi connectivity index (χ1) is 17.2. The minimum absolute atomic E-state index is 0.326. The van der Waals surface area contributed by atoms with Crippen LogP contribution in [0.3, 0.4) is 0 Å². The van der Waals surface area contributed by atoms with Crippen LogP contribution in [0.2, 0.25) is 0 Å². The largest absolute Gasteiger partial charge is 0.462 e. The highest BCUT2D eigenvalue weighted by atomic mass is 16.6. The predicted octanol–water partition coefficient (Wildman–Crippen LogP) is -1.39. The van der Waals surface area contributed by atoms with Gasteiger partial charge in [-0.15, -0.1) is 0 Å². The van der Waals surface area contributed by atoms with Crippen LogP contribution in [0, 0.1) is 11.3 Å². The van der Waals surface area contributed by atoms with Gasteiger partial charge >= 0.3 is 29.6 Å². The Morgan fingerprint density at radius 3 is 2.03 bits per heavy atom. The summed E-state index contributed by atoms with van der Waals surface area (Å²) in [6, 6.07) is 1.79. The highest BCUT2D eigenvalue weighted by Gasteiger charge is 2.49. The van der Waals surface area contributed by atoms with E-state index in [1.54, 1.807) is 6.07 Å². The lowest BCUT2D eigenvalue weighted by Crippen LogP contribution is -2.52. The predicted molar refractivity (Wildman–Crippen MR) is 120 cm³/mol. The summed E-state index contributed by atoms with van der Waals surface area (Å²) < 4.78 is 28.0. The first-order valence-electron chi connectivity index (χ1n) is 10.7. The molecule has 200 valence electrons. The maximum atomic E-state index is 13.3. The summed E-state index contributed by atoms with van der Waals surface area (Å²) >= 11 is 0. The molecule has 0 fully saturated rings. The molecule has 2 heterocycles. The minimum atomic E-state index is -1.75. The van der Waals surface area contributed by atoms with Crippen LogP contribution >= 0.6 is 0 Å². The standard InChI is InChI=1S/C22H26N4O11/c1-9(27)33-8-14(34-10(2)28)17(35-11(3)29)18(36-12(4)30)15-13(7-23)19(24)37-21-16(15)20(31)25(5)22(32)26(21)6/h14-15,17-18H,8,24H2,1-6H3/t14-,15-,17+,18+/m0/s1. The highest BCUT2D eigenvalue weighted by molar-refractivity contribution is 5.69. The summed E-state index contributed by atoms with van der Waals surface area (Å²) in [6.07, 6.45) is -5.03. The summed E-state index contributed by atoms with van der Waals surface area (Å²) in [5.74, 6) is -5.96. The number of nitrogens with two attached hydrogens (primary N) is 1. The van der Waals surface area contributed by atoms with Crippen molar-refractivity contribution in [2.45, 2.75) is 51.9 Å². The zero-order valence-corrected chi connectivity index (χ0v) is 20.9. The zero-order valence-electron chi connectivity index (χ0n) is 20.9. The van der Waals surface area contributed by atoms with E-state index in [9.17, 15) is 34.0 Å². The molecule has 1 aliphatic rings.